The molecule has 2 rings (SSSR count). The highest BCUT2D eigenvalue weighted by atomic mass is 16.3. The van der Waals surface area contributed by atoms with E-state index in [1.54, 1.807) is 17.8 Å². The Morgan fingerprint density at radius 3 is 2.58 bits per heavy atom. The van der Waals surface area contributed by atoms with Crippen molar-refractivity contribution in [3.63, 3.8) is 0 Å². The summed E-state index contributed by atoms with van der Waals surface area (Å²) in [6.45, 7) is 12.7. The Hall–Kier alpha value is -1.60. The minimum atomic E-state index is -1.04. The molecule has 7 heteroatoms. The van der Waals surface area contributed by atoms with Gasteiger partial charge in [0.15, 0.2) is 5.96 Å². The zero-order valence-electron chi connectivity index (χ0n) is 17.0. The number of hydrogen-bond donors (Lipinski definition) is 3. The maximum absolute atomic E-state index is 10.7. The molecule has 2 atom stereocenters. The van der Waals surface area contributed by atoms with Crippen LogP contribution in [0.3, 0.4) is 0 Å². The summed E-state index contributed by atoms with van der Waals surface area (Å²) >= 11 is 0. The largest absolute Gasteiger partial charge is 0.383 e. The molecule has 2 unspecified atom stereocenters. The SMILES string of the molecule is CCNC(=NCC(C)(O)c1cnn(C)c1)NCC(C(C)C)N1CCCC1. The van der Waals surface area contributed by atoms with Crippen molar-refractivity contribution in [1.82, 2.24) is 25.3 Å². The Morgan fingerprint density at radius 2 is 2.04 bits per heavy atom. The number of nitrogens with one attached hydrogen (secondary N) is 2. The molecule has 3 N–H and O–H groups in total. The zero-order valence-corrected chi connectivity index (χ0v) is 17.0. The lowest BCUT2D eigenvalue weighted by molar-refractivity contribution is 0.0671. The number of guanidine groups is 1. The second kappa shape index (κ2) is 9.37. The summed E-state index contributed by atoms with van der Waals surface area (Å²) in [5, 5.41) is 21.6. The van der Waals surface area contributed by atoms with Crippen LogP contribution in [0, 0.1) is 5.92 Å². The molecule has 0 aliphatic carbocycles. The highest BCUT2D eigenvalue weighted by Gasteiger charge is 2.26. The van der Waals surface area contributed by atoms with Crippen LogP contribution in [0.2, 0.25) is 0 Å². The minimum absolute atomic E-state index is 0.282. The van der Waals surface area contributed by atoms with Gasteiger partial charge in [-0.3, -0.25) is 9.58 Å². The molecule has 1 aromatic rings. The van der Waals surface area contributed by atoms with Gasteiger partial charge in [0.1, 0.15) is 5.60 Å². The number of rotatable bonds is 8. The van der Waals surface area contributed by atoms with Crippen molar-refractivity contribution in [2.24, 2.45) is 18.0 Å². The molecule has 1 fully saturated rings. The molecule has 0 amide bonds. The van der Waals surface area contributed by atoms with Gasteiger partial charge in [-0.05, 0) is 45.7 Å². The maximum atomic E-state index is 10.7. The second-order valence-electron chi connectivity index (χ2n) is 7.81. The number of aliphatic imine (C=N–C) groups is 1. The lowest BCUT2D eigenvalue weighted by Gasteiger charge is -2.31. The first-order valence-corrected chi connectivity index (χ1v) is 9.81. The minimum Gasteiger partial charge on any atom is -0.383 e. The first-order valence-electron chi connectivity index (χ1n) is 9.81. The van der Waals surface area contributed by atoms with Gasteiger partial charge >= 0.3 is 0 Å². The predicted molar refractivity (Wildman–Crippen MR) is 106 cm³/mol. The third kappa shape index (κ3) is 5.71. The molecule has 0 saturated carbocycles. The van der Waals surface area contributed by atoms with E-state index in [2.05, 4.69) is 46.4 Å². The van der Waals surface area contributed by atoms with Crippen molar-refractivity contribution in [3.8, 4) is 0 Å². The predicted octanol–water partition coefficient (Wildman–Crippen LogP) is 1.30. The van der Waals surface area contributed by atoms with E-state index in [0.717, 1.165) is 24.6 Å². The molecule has 1 aliphatic rings. The summed E-state index contributed by atoms with van der Waals surface area (Å²) in [5.41, 5.74) is -0.264. The van der Waals surface area contributed by atoms with Gasteiger partial charge in [0, 0.05) is 37.9 Å². The number of nitrogens with zero attached hydrogens (tertiary/aromatic N) is 4. The van der Waals surface area contributed by atoms with Gasteiger partial charge in [-0.1, -0.05) is 13.8 Å². The van der Waals surface area contributed by atoms with E-state index in [0.29, 0.717) is 12.0 Å². The van der Waals surface area contributed by atoms with Gasteiger partial charge in [0.05, 0.1) is 12.7 Å². The molecule has 0 radical (unpaired) electrons. The van der Waals surface area contributed by atoms with E-state index >= 15 is 0 Å². The standard InChI is InChI=1S/C19H36N6O/c1-6-20-18(21-12-17(15(2)3)25-9-7-8-10-25)22-14-19(4,26)16-11-23-24(5)13-16/h11,13,15,17,26H,6-10,12,14H2,1-5H3,(H2,20,21,22). The van der Waals surface area contributed by atoms with Crippen molar-refractivity contribution in [2.45, 2.75) is 52.2 Å². The normalized spacial score (nSPS) is 19.6. The van der Waals surface area contributed by atoms with Crippen LogP contribution in [0.15, 0.2) is 17.4 Å². The van der Waals surface area contributed by atoms with Crippen molar-refractivity contribution >= 4 is 5.96 Å². The lowest BCUT2D eigenvalue weighted by atomic mass is 10.0. The molecule has 0 spiro atoms. The van der Waals surface area contributed by atoms with Crippen LogP contribution in [-0.2, 0) is 12.6 Å². The molecule has 1 aromatic heterocycles. The Bertz CT molecular complexity index is 574. The topological polar surface area (TPSA) is 77.7 Å². The van der Waals surface area contributed by atoms with Crippen molar-refractivity contribution in [3.05, 3.63) is 18.0 Å². The van der Waals surface area contributed by atoms with Gasteiger partial charge in [-0.15, -0.1) is 0 Å². The Kier molecular flexibility index (Phi) is 7.46. The van der Waals surface area contributed by atoms with Crippen molar-refractivity contribution < 1.29 is 5.11 Å². The molecule has 0 bridgehead atoms. The van der Waals surface area contributed by atoms with Crippen LogP contribution in [0.4, 0.5) is 0 Å². The molecule has 0 aromatic carbocycles. The Morgan fingerprint density at radius 1 is 1.35 bits per heavy atom. The Labute approximate surface area is 157 Å². The monoisotopic (exact) mass is 364 g/mol. The van der Waals surface area contributed by atoms with Gasteiger partial charge in [0.25, 0.3) is 0 Å². The molecule has 1 saturated heterocycles. The lowest BCUT2D eigenvalue weighted by Crippen LogP contribution is -2.48. The van der Waals surface area contributed by atoms with Crippen LogP contribution in [0.1, 0.15) is 46.1 Å². The van der Waals surface area contributed by atoms with Crippen LogP contribution in [0.5, 0.6) is 0 Å². The van der Waals surface area contributed by atoms with E-state index in [1.807, 2.05) is 13.2 Å². The van der Waals surface area contributed by atoms with Crippen molar-refractivity contribution in [2.75, 3.05) is 32.7 Å². The quantitative estimate of drug-likeness (QED) is 0.479. The number of aryl methyl sites for hydroxylation is 1. The summed E-state index contributed by atoms with van der Waals surface area (Å²) < 4.78 is 1.69. The third-order valence-electron chi connectivity index (χ3n) is 5.07. The van der Waals surface area contributed by atoms with Gasteiger partial charge in [-0.25, -0.2) is 4.99 Å². The summed E-state index contributed by atoms with van der Waals surface area (Å²) in [6.07, 6.45) is 6.12. The summed E-state index contributed by atoms with van der Waals surface area (Å²) in [5.74, 6) is 1.34. The van der Waals surface area contributed by atoms with Crippen LogP contribution < -0.4 is 10.6 Å². The van der Waals surface area contributed by atoms with E-state index in [-0.39, 0.29) is 6.54 Å². The van der Waals surface area contributed by atoms with Gasteiger partial charge < -0.3 is 15.7 Å². The molecule has 7 nitrogen and oxygen atoms in total. The smallest absolute Gasteiger partial charge is 0.191 e. The van der Waals surface area contributed by atoms with E-state index < -0.39 is 5.60 Å². The highest BCUT2D eigenvalue weighted by molar-refractivity contribution is 5.79. The fourth-order valence-corrected chi connectivity index (χ4v) is 3.43. The molecule has 26 heavy (non-hydrogen) atoms. The number of likely N-dealkylation sites (tertiary alicyclic amines) is 1. The van der Waals surface area contributed by atoms with Crippen LogP contribution in [-0.4, -0.2) is 64.5 Å². The molecular weight excluding hydrogens is 328 g/mol. The fraction of sp³-hybridized carbons (Fsp3) is 0.789. The van der Waals surface area contributed by atoms with Crippen LogP contribution >= 0.6 is 0 Å². The number of hydrogen-bond acceptors (Lipinski definition) is 4. The maximum Gasteiger partial charge on any atom is 0.191 e. The van der Waals surface area contributed by atoms with Gasteiger partial charge in [-0.2, -0.15) is 5.10 Å². The fourth-order valence-electron chi connectivity index (χ4n) is 3.43. The first-order chi connectivity index (χ1) is 12.3. The van der Waals surface area contributed by atoms with Crippen molar-refractivity contribution in [1.29, 1.82) is 0 Å². The zero-order chi connectivity index (χ0) is 19.2. The molecule has 148 valence electrons. The summed E-state index contributed by atoms with van der Waals surface area (Å²) in [7, 11) is 1.85. The average molecular weight is 365 g/mol. The molecule has 2 heterocycles. The van der Waals surface area contributed by atoms with E-state index in [9.17, 15) is 5.11 Å². The number of aliphatic hydroxyl groups is 1. The van der Waals surface area contributed by atoms with E-state index in [1.165, 1.54) is 25.9 Å². The first kappa shape index (κ1) is 20.7. The van der Waals surface area contributed by atoms with Gasteiger partial charge in [0.2, 0.25) is 0 Å². The number of aromatic nitrogens is 2. The molecule has 1 aliphatic heterocycles. The molecular formula is C19H36N6O. The summed E-state index contributed by atoms with van der Waals surface area (Å²) in [4.78, 5) is 7.19. The van der Waals surface area contributed by atoms with Crippen LogP contribution in [0.25, 0.3) is 0 Å². The van der Waals surface area contributed by atoms with E-state index in [4.69, 9.17) is 0 Å². The second-order valence-corrected chi connectivity index (χ2v) is 7.81. The average Bonchev–Trinajstić information content (AvgIpc) is 3.24. The third-order valence-corrected chi connectivity index (χ3v) is 5.07. The Balaban J connectivity index is 1.99. The highest BCUT2D eigenvalue weighted by Crippen LogP contribution is 2.20. The summed E-state index contributed by atoms with van der Waals surface area (Å²) in [6, 6.07) is 0.500.